The number of alkyl halides is 3. The summed E-state index contributed by atoms with van der Waals surface area (Å²) in [5, 5.41) is 12.6. The van der Waals surface area contributed by atoms with Gasteiger partial charge in [0, 0.05) is 38.3 Å². The maximum atomic E-state index is 12.9. The molecule has 1 amide bonds. The van der Waals surface area contributed by atoms with Crippen LogP contribution in [0.2, 0.25) is 0 Å². The highest BCUT2D eigenvalue weighted by Gasteiger charge is 2.31. The Balaban J connectivity index is 1.50. The zero-order valence-corrected chi connectivity index (χ0v) is 18.1. The van der Waals surface area contributed by atoms with Crippen LogP contribution in [-0.4, -0.2) is 72.9 Å². The molecule has 2 heterocycles. The molecule has 1 fully saturated rings. The molecule has 1 aromatic carbocycles. The van der Waals surface area contributed by atoms with Crippen molar-refractivity contribution in [2.45, 2.75) is 12.3 Å². The lowest BCUT2D eigenvalue weighted by atomic mass is 10.1. The van der Waals surface area contributed by atoms with E-state index in [1.165, 1.54) is 18.3 Å². The number of hydrogen-bond donors (Lipinski definition) is 2. The maximum Gasteiger partial charge on any atom is 0.416 e. The number of piperazine rings is 1. The molecular weight excluding hydrogens is 437 g/mol. The lowest BCUT2D eigenvalue weighted by Crippen LogP contribution is -2.49. The number of ether oxygens (including phenoxy) is 1. The molecular formula is C23H27F3N4O3. The Hall–Kier alpha value is -2.95. The maximum absolute atomic E-state index is 12.9. The summed E-state index contributed by atoms with van der Waals surface area (Å²) >= 11 is 0. The highest BCUT2D eigenvalue weighted by molar-refractivity contribution is 6.04. The van der Waals surface area contributed by atoms with Crippen LogP contribution in [-0.2, 0) is 10.9 Å². The third-order valence-electron chi connectivity index (χ3n) is 5.17. The Morgan fingerprint density at radius 1 is 1.24 bits per heavy atom. The van der Waals surface area contributed by atoms with E-state index in [0.717, 1.165) is 44.1 Å². The van der Waals surface area contributed by atoms with Gasteiger partial charge in [0.25, 0.3) is 5.91 Å². The predicted octanol–water partition coefficient (Wildman–Crippen LogP) is 3.04. The molecule has 10 heteroatoms. The highest BCUT2D eigenvalue weighted by Crippen LogP contribution is 2.29. The van der Waals surface area contributed by atoms with Crippen LogP contribution < -0.4 is 10.2 Å². The van der Waals surface area contributed by atoms with Crippen molar-refractivity contribution in [2.75, 3.05) is 56.2 Å². The number of carbonyl (C=O) groups is 1. The van der Waals surface area contributed by atoms with Gasteiger partial charge < -0.3 is 20.1 Å². The number of aliphatic hydroxyl groups is 1. The number of aromatic nitrogens is 1. The van der Waals surface area contributed by atoms with Crippen molar-refractivity contribution in [3.05, 3.63) is 66.4 Å². The average Bonchev–Trinajstić information content (AvgIpc) is 2.80. The summed E-state index contributed by atoms with van der Waals surface area (Å²) in [5.41, 5.74) is -0.566. The first-order valence-corrected chi connectivity index (χ1v) is 10.5. The van der Waals surface area contributed by atoms with E-state index in [0.29, 0.717) is 18.8 Å². The molecule has 1 saturated heterocycles. The summed E-state index contributed by atoms with van der Waals surface area (Å²) in [5.74, 6) is 0.0986. The van der Waals surface area contributed by atoms with Gasteiger partial charge in [-0.1, -0.05) is 12.1 Å². The Bertz CT molecular complexity index is 929. The molecule has 178 valence electrons. The van der Waals surface area contributed by atoms with E-state index in [2.05, 4.69) is 26.7 Å². The van der Waals surface area contributed by atoms with Crippen molar-refractivity contribution in [1.29, 1.82) is 0 Å². The van der Waals surface area contributed by atoms with Crippen LogP contribution in [0.4, 0.5) is 24.7 Å². The quantitative estimate of drug-likeness (QED) is 0.439. The molecule has 1 atom stereocenters. The number of benzene rings is 1. The fraction of sp³-hybridized carbons (Fsp3) is 0.391. The topological polar surface area (TPSA) is 77.9 Å². The largest absolute Gasteiger partial charge is 0.416 e. The Morgan fingerprint density at radius 3 is 2.64 bits per heavy atom. The van der Waals surface area contributed by atoms with Crippen molar-refractivity contribution in [2.24, 2.45) is 0 Å². The van der Waals surface area contributed by atoms with Gasteiger partial charge in [-0.05, 0) is 30.3 Å². The second-order valence-corrected chi connectivity index (χ2v) is 7.71. The number of amides is 1. The van der Waals surface area contributed by atoms with Crippen LogP contribution in [0.15, 0.2) is 55.3 Å². The first kappa shape index (κ1) is 24.7. The van der Waals surface area contributed by atoms with E-state index in [4.69, 9.17) is 4.74 Å². The number of carbonyl (C=O) groups excluding carboxylic acids is 1. The number of pyridine rings is 1. The Kier molecular flexibility index (Phi) is 8.43. The fourth-order valence-electron chi connectivity index (χ4n) is 3.48. The van der Waals surface area contributed by atoms with E-state index in [-0.39, 0.29) is 12.2 Å². The standard InChI is InChI=1S/C23H27F3N4O3/c1-2-12-33-16-20(31)15-29-8-10-30(11-9-29)21-7-6-19(14-27-21)28-22(32)17-4-3-5-18(13-17)23(24,25)26/h2-7,13-14,20,31H,1,8-12,15-16H2,(H,28,32). The minimum atomic E-state index is -4.51. The molecule has 0 bridgehead atoms. The summed E-state index contributed by atoms with van der Waals surface area (Å²) < 4.78 is 43.8. The molecule has 2 aromatic rings. The first-order valence-electron chi connectivity index (χ1n) is 10.5. The molecule has 2 N–H and O–H groups in total. The summed E-state index contributed by atoms with van der Waals surface area (Å²) in [7, 11) is 0. The van der Waals surface area contributed by atoms with E-state index >= 15 is 0 Å². The van der Waals surface area contributed by atoms with Crippen molar-refractivity contribution in [3.8, 4) is 0 Å². The van der Waals surface area contributed by atoms with Crippen molar-refractivity contribution in [3.63, 3.8) is 0 Å². The lowest BCUT2D eigenvalue weighted by Gasteiger charge is -2.36. The van der Waals surface area contributed by atoms with Crippen molar-refractivity contribution < 1.29 is 27.8 Å². The predicted molar refractivity (Wildman–Crippen MR) is 119 cm³/mol. The first-order chi connectivity index (χ1) is 15.8. The SMILES string of the molecule is C=CCOCC(O)CN1CCN(c2ccc(NC(=O)c3cccc(C(F)(F)F)c3)cn2)CC1. The van der Waals surface area contributed by atoms with Crippen LogP contribution in [0.1, 0.15) is 15.9 Å². The second-order valence-electron chi connectivity index (χ2n) is 7.71. The third kappa shape index (κ3) is 7.28. The number of rotatable bonds is 9. The third-order valence-corrected chi connectivity index (χ3v) is 5.17. The van der Waals surface area contributed by atoms with Gasteiger partial charge in [-0.15, -0.1) is 6.58 Å². The molecule has 1 aliphatic heterocycles. The van der Waals surface area contributed by atoms with Gasteiger partial charge in [-0.3, -0.25) is 9.69 Å². The van der Waals surface area contributed by atoms with Gasteiger partial charge >= 0.3 is 6.18 Å². The molecule has 7 nitrogen and oxygen atoms in total. The summed E-state index contributed by atoms with van der Waals surface area (Å²) in [4.78, 5) is 21.0. The van der Waals surface area contributed by atoms with Crippen LogP contribution in [0.5, 0.6) is 0 Å². The lowest BCUT2D eigenvalue weighted by molar-refractivity contribution is -0.137. The number of nitrogens with zero attached hydrogens (tertiary/aromatic N) is 3. The van der Waals surface area contributed by atoms with Crippen molar-refractivity contribution >= 4 is 17.4 Å². The van der Waals surface area contributed by atoms with E-state index < -0.39 is 23.8 Å². The molecule has 1 aromatic heterocycles. The zero-order valence-electron chi connectivity index (χ0n) is 18.1. The van der Waals surface area contributed by atoms with Gasteiger partial charge in [-0.25, -0.2) is 4.98 Å². The normalized spacial score (nSPS) is 15.8. The molecule has 3 rings (SSSR count). The van der Waals surface area contributed by atoms with E-state index in [1.54, 1.807) is 18.2 Å². The number of halogens is 3. The highest BCUT2D eigenvalue weighted by atomic mass is 19.4. The molecule has 1 aliphatic rings. The van der Waals surface area contributed by atoms with Crippen LogP contribution in [0.3, 0.4) is 0 Å². The van der Waals surface area contributed by atoms with Gasteiger partial charge in [-0.2, -0.15) is 13.2 Å². The number of aliphatic hydroxyl groups excluding tert-OH is 1. The zero-order chi connectivity index (χ0) is 23.8. The molecule has 0 saturated carbocycles. The number of β-amino-alcohol motifs (C(OH)–C–C–N with tert-alkyl or cyclic N) is 1. The van der Waals surface area contributed by atoms with Gasteiger partial charge in [0.05, 0.1) is 36.8 Å². The Labute approximate surface area is 190 Å². The summed E-state index contributed by atoms with van der Waals surface area (Å²) in [6, 6.07) is 7.69. The summed E-state index contributed by atoms with van der Waals surface area (Å²) in [6.07, 6.45) is -1.95. The minimum absolute atomic E-state index is 0.0814. The second kappa shape index (κ2) is 11.3. The smallest absolute Gasteiger partial charge is 0.389 e. The average molecular weight is 464 g/mol. The van der Waals surface area contributed by atoms with Crippen molar-refractivity contribution in [1.82, 2.24) is 9.88 Å². The van der Waals surface area contributed by atoms with Crippen LogP contribution in [0.25, 0.3) is 0 Å². The fourth-order valence-corrected chi connectivity index (χ4v) is 3.48. The number of hydrogen-bond acceptors (Lipinski definition) is 6. The van der Waals surface area contributed by atoms with Crippen LogP contribution >= 0.6 is 0 Å². The number of anilines is 2. The van der Waals surface area contributed by atoms with E-state index in [9.17, 15) is 23.1 Å². The molecule has 1 unspecified atom stereocenters. The monoisotopic (exact) mass is 464 g/mol. The minimum Gasteiger partial charge on any atom is -0.389 e. The Morgan fingerprint density at radius 2 is 2.00 bits per heavy atom. The molecule has 0 aliphatic carbocycles. The van der Waals surface area contributed by atoms with Gasteiger partial charge in [0.15, 0.2) is 0 Å². The molecule has 0 spiro atoms. The molecule has 33 heavy (non-hydrogen) atoms. The number of nitrogens with one attached hydrogen (secondary N) is 1. The van der Waals surface area contributed by atoms with Gasteiger partial charge in [0.2, 0.25) is 0 Å². The molecule has 0 radical (unpaired) electrons. The van der Waals surface area contributed by atoms with E-state index in [1.807, 2.05) is 0 Å². The van der Waals surface area contributed by atoms with Gasteiger partial charge in [0.1, 0.15) is 5.82 Å². The van der Waals surface area contributed by atoms with Crippen LogP contribution in [0, 0.1) is 0 Å². The summed E-state index contributed by atoms with van der Waals surface area (Å²) in [6.45, 7) is 7.74.